The Balaban J connectivity index is 1.33. The van der Waals surface area contributed by atoms with E-state index in [1.54, 1.807) is 0 Å². The van der Waals surface area contributed by atoms with Crippen molar-refractivity contribution in [3.63, 3.8) is 0 Å². The molecule has 2 nitrogen and oxygen atoms in total. The fourth-order valence-corrected chi connectivity index (χ4v) is 5.99. The number of anilines is 6. The lowest BCUT2D eigenvalue weighted by molar-refractivity contribution is 1.14. The van der Waals surface area contributed by atoms with Crippen molar-refractivity contribution in [2.75, 3.05) is 9.80 Å². The van der Waals surface area contributed by atoms with Gasteiger partial charge in [0, 0.05) is 34.1 Å². The molecule has 0 aliphatic heterocycles. The molecule has 0 aliphatic rings. The number of nitrogens with zero attached hydrogens (tertiary/aromatic N) is 2. The van der Waals surface area contributed by atoms with Crippen LogP contribution >= 0.6 is 0 Å². The van der Waals surface area contributed by atoms with Crippen molar-refractivity contribution in [1.29, 1.82) is 0 Å². The maximum atomic E-state index is 2.35. The Bertz CT molecular complexity index is 1770. The molecular weight excluding hydrogens is 556 g/mol. The maximum Gasteiger partial charge on any atom is 0.0464 e. The van der Waals surface area contributed by atoms with Crippen LogP contribution in [0.4, 0.5) is 34.1 Å². The van der Waals surface area contributed by atoms with Crippen LogP contribution in [-0.4, -0.2) is 0 Å². The Morgan fingerprint density at radius 2 is 0.609 bits per heavy atom. The highest BCUT2D eigenvalue weighted by Crippen LogP contribution is 2.39. The van der Waals surface area contributed by atoms with Gasteiger partial charge < -0.3 is 9.80 Å². The van der Waals surface area contributed by atoms with Crippen LogP contribution in [0, 0.1) is 27.7 Å². The Morgan fingerprint density at radius 3 is 0.891 bits per heavy atom. The van der Waals surface area contributed by atoms with E-state index in [4.69, 9.17) is 0 Å². The molecule has 0 atom stereocenters. The van der Waals surface area contributed by atoms with E-state index in [0.29, 0.717) is 0 Å². The Hall–Kier alpha value is -5.08. The van der Waals surface area contributed by atoms with Gasteiger partial charge >= 0.3 is 0 Å². The second-order valence-corrected chi connectivity index (χ2v) is 12.3. The van der Waals surface area contributed by atoms with E-state index >= 15 is 0 Å². The summed E-state index contributed by atoms with van der Waals surface area (Å²) in [7, 11) is 0. The highest BCUT2D eigenvalue weighted by molar-refractivity contribution is 5.81. The minimum atomic E-state index is 1.03. The van der Waals surface area contributed by atoms with Gasteiger partial charge in [0.05, 0.1) is 0 Å². The number of hydrogen-bond donors (Lipinski definition) is 0. The quantitative estimate of drug-likeness (QED) is 0.163. The maximum absolute atomic E-state index is 2.35. The van der Waals surface area contributed by atoms with Gasteiger partial charge in [-0.2, -0.15) is 0 Å². The molecule has 0 saturated carbocycles. The zero-order valence-electron chi connectivity index (χ0n) is 28.0. The van der Waals surface area contributed by atoms with Crippen LogP contribution in [0.1, 0.15) is 47.2 Å². The van der Waals surface area contributed by atoms with Gasteiger partial charge in [-0.3, -0.25) is 0 Å². The minimum absolute atomic E-state index is 1.03. The molecule has 6 aromatic rings. The normalized spacial score (nSPS) is 11.0. The molecule has 0 radical (unpaired) electrons. The van der Waals surface area contributed by atoms with Crippen LogP contribution in [0.2, 0.25) is 0 Å². The van der Waals surface area contributed by atoms with E-state index in [0.717, 1.165) is 35.6 Å². The first-order valence-corrected chi connectivity index (χ1v) is 16.5. The van der Waals surface area contributed by atoms with Crippen LogP contribution in [0.15, 0.2) is 133 Å². The molecule has 2 heteroatoms. The van der Waals surface area contributed by atoms with Crippen molar-refractivity contribution < 1.29 is 0 Å². The second-order valence-electron chi connectivity index (χ2n) is 12.3. The summed E-state index contributed by atoms with van der Waals surface area (Å²) in [6.07, 6.45) is 2.07. The molecule has 0 fully saturated rings. The topological polar surface area (TPSA) is 6.48 Å². The minimum Gasteiger partial charge on any atom is -0.310 e. The fourth-order valence-electron chi connectivity index (χ4n) is 5.99. The van der Waals surface area contributed by atoms with Gasteiger partial charge in [0.2, 0.25) is 0 Å². The summed E-state index contributed by atoms with van der Waals surface area (Å²) in [5.41, 5.74) is 17.2. The van der Waals surface area contributed by atoms with Gasteiger partial charge in [-0.05, 0) is 158 Å². The lowest BCUT2D eigenvalue weighted by Gasteiger charge is -2.27. The van der Waals surface area contributed by atoms with E-state index in [2.05, 4.69) is 185 Å². The van der Waals surface area contributed by atoms with Gasteiger partial charge in [0.25, 0.3) is 0 Å². The summed E-state index contributed by atoms with van der Waals surface area (Å²) >= 11 is 0. The van der Waals surface area contributed by atoms with Crippen LogP contribution in [0.25, 0.3) is 11.1 Å². The molecular formula is C44H44N2. The lowest BCUT2D eigenvalue weighted by atomic mass is 10.0. The average molecular weight is 601 g/mol. The van der Waals surface area contributed by atoms with E-state index in [1.807, 2.05) is 0 Å². The van der Waals surface area contributed by atoms with E-state index in [1.165, 1.54) is 55.9 Å². The monoisotopic (exact) mass is 600 g/mol. The van der Waals surface area contributed by atoms with Crippen LogP contribution < -0.4 is 9.80 Å². The number of hydrogen-bond acceptors (Lipinski definition) is 2. The highest BCUT2D eigenvalue weighted by atomic mass is 15.1. The molecule has 0 aromatic heterocycles. The van der Waals surface area contributed by atoms with Gasteiger partial charge in [0.1, 0.15) is 0 Å². The van der Waals surface area contributed by atoms with Gasteiger partial charge in [-0.1, -0.05) is 74.5 Å². The Kier molecular flexibility index (Phi) is 9.08. The molecule has 0 aliphatic carbocycles. The predicted molar refractivity (Wildman–Crippen MR) is 199 cm³/mol. The Morgan fingerprint density at radius 1 is 0.326 bits per heavy atom. The molecule has 6 aromatic carbocycles. The van der Waals surface area contributed by atoms with Crippen LogP contribution in [0.3, 0.4) is 0 Å². The van der Waals surface area contributed by atoms with Crippen LogP contribution in [0.5, 0.6) is 0 Å². The molecule has 0 unspecified atom stereocenters. The van der Waals surface area contributed by atoms with E-state index < -0.39 is 0 Å². The van der Waals surface area contributed by atoms with Crippen LogP contribution in [-0.2, 0) is 12.8 Å². The molecule has 0 spiro atoms. The third kappa shape index (κ3) is 6.48. The fraction of sp³-hybridized carbons (Fsp3) is 0.182. The summed E-state index contributed by atoms with van der Waals surface area (Å²) in [6, 6.07) is 49.2. The second kappa shape index (κ2) is 13.5. The molecule has 0 amide bonds. The molecule has 230 valence electrons. The summed E-state index contributed by atoms with van der Waals surface area (Å²) in [6.45, 7) is 13.1. The third-order valence-corrected chi connectivity index (χ3v) is 9.29. The predicted octanol–water partition coefficient (Wildman–Crippen LogP) is 12.7. The number of benzene rings is 6. The van der Waals surface area contributed by atoms with Crippen molar-refractivity contribution in [2.24, 2.45) is 0 Å². The first kappa shape index (κ1) is 30.9. The smallest absolute Gasteiger partial charge is 0.0464 e. The third-order valence-electron chi connectivity index (χ3n) is 9.29. The van der Waals surface area contributed by atoms with Crippen molar-refractivity contribution >= 4 is 34.1 Å². The first-order valence-electron chi connectivity index (χ1n) is 16.5. The SMILES string of the molecule is CCc1ccc(N(c2ccc(-c3ccc(N(c4ccc(CC)cc4)c4ccc(C)c(C)c4)cc3)cc2)c2ccc(C)c(C)c2)cc1. The molecule has 0 N–H and O–H groups in total. The molecule has 0 saturated heterocycles. The van der Waals surface area contributed by atoms with Crippen molar-refractivity contribution in [3.8, 4) is 11.1 Å². The summed E-state index contributed by atoms with van der Waals surface area (Å²) < 4.78 is 0. The first-order chi connectivity index (χ1) is 22.3. The standard InChI is InChI=1S/C44H44N2/c1-7-35-11-21-39(22-12-35)45(43-19-9-31(3)33(5)29-43)41-25-15-37(16-26-41)38-17-27-42(28-18-38)46(40-23-13-36(8-2)14-24-40)44-20-10-32(4)34(6)30-44/h9-30H,7-8H2,1-6H3. The van der Waals surface area contributed by atoms with E-state index in [-0.39, 0.29) is 0 Å². The van der Waals surface area contributed by atoms with Crippen molar-refractivity contribution in [2.45, 2.75) is 54.4 Å². The lowest BCUT2D eigenvalue weighted by Crippen LogP contribution is -2.10. The molecule has 0 heterocycles. The molecule has 6 rings (SSSR count). The zero-order valence-corrected chi connectivity index (χ0v) is 28.0. The van der Waals surface area contributed by atoms with Gasteiger partial charge in [0.15, 0.2) is 0 Å². The number of aryl methyl sites for hydroxylation is 6. The highest BCUT2D eigenvalue weighted by Gasteiger charge is 2.16. The van der Waals surface area contributed by atoms with Gasteiger partial charge in [-0.25, -0.2) is 0 Å². The summed E-state index contributed by atoms with van der Waals surface area (Å²) in [5.74, 6) is 0. The van der Waals surface area contributed by atoms with Gasteiger partial charge in [-0.15, -0.1) is 0 Å². The van der Waals surface area contributed by atoms with Crippen molar-refractivity contribution in [3.05, 3.63) is 167 Å². The molecule has 0 bridgehead atoms. The zero-order chi connectivity index (χ0) is 32.2. The number of rotatable bonds is 9. The summed E-state index contributed by atoms with van der Waals surface area (Å²) in [5, 5.41) is 0. The Labute approximate surface area is 275 Å². The molecule has 46 heavy (non-hydrogen) atoms. The largest absolute Gasteiger partial charge is 0.310 e. The summed E-state index contributed by atoms with van der Waals surface area (Å²) in [4.78, 5) is 4.70. The van der Waals surface area contributed by atoms with E-state index in [9.17, 15) is 0 Å². The van der Waals surface area contributed by atoms with Crippen molar-refractivity contribution in [1.82, 2.24) is 0 Å². The average Bonchev–Trinajstić information content (AvgIpc) is 3.09.